The molecule has 0 radical (unpaired) electrons. The van der Waals surface area contributed by atoms with E-state index in [1.54, 1.807) is 0 Å². The van der Waals surface area contributed by atoms with Crippen LogP contribution in [0.5, 0.6) is 0 Å². The Morgan fingerprint density at radius 3 is 2.40 bits per heavy atom. The molecule has 0 fully saturated rings. The van der Waals surface area contributed by atoms with Crippen LogP contribution in [-0.2, 0) is 9.47 Å². The number of hydrogen-bond acceptors (Lipinski definition) is 3. The molecule has 15 heavy (non-hydrogen) atoms. The first kappa shape index (κ1) is 12.4. The predicted molar refractivity (Wildman–Crippen MR) is 54.9 cm³/mol. The highest BCUT2D eigenvalue weighted by molar-refractivity contribution is 7.99. The van der Waals surface area contributed by atoms with Crippen molar-refractivity contribution in [3.05, 3.63) is 29.8 Å². The van der Waals surface area contributed by atoms with Crippen LogP contribution in [0.3, 0.4) is 0 Å². The standard InChI is InChI=1S/C10H12F2O2S/c1-13-10(14-2)6-15-7-3-4-8(11)9(12)5-7/h3-5,10H,6H2,1-2H3. The fourth-order valence-corrected chi connectivity index (χ4v) is 1.91. The molecule has 5 heteroatoms. The highest BCUT2D eigenvalue weighted by atomic mass is 32.2. The van der Waals surface area contributed by atoms with Crippen LogP contribution in [0.4, 0.5) is 8.78 Å². The van der Waals surface area contributed by atoms with Gasteiger partial charge in [-0.05, 0) is 18.2 Å². The van der Waals surface area contributed by atoms with Gasteiger partial charge in [0.15, 0.2) is 17.9 Å². The molecule has 0 heterocycles. The molecule has 0 atom stereocenters. The summed E-state index contributed by atoms with van der Waals surface area (Å²) >= 11 is 1.34. The average Bonchev–Trinajstić information content (AvgIpc) is 2.24. The van der Waals surface area contributed by atoms with E-state index in [-0.39, 0.29) is 6.29 Å². The van der Waals surface area contributed by atoms with Crippen LogP contribution < -0.4 is 0 Å². The van der Waals surface area contributed by atoms with Crippen molar-refractivity contribution in [3.8, 4) is 0 Å². The maximum atomic E-state index is 12.8. The average molecular weight is 234 g/mol. The zero-order chi connectivity index (χ0) is 11.3. The smallest absolute Gasteiger partial charge is 0.166 e. The van der Waals surface area contributed by atoms with Gasteiger partial charge in [0.25, 0.3) is 0 Å². The minimum atomic E-state index is -0.841. The highest BCUT2D eigenvalue weighted by Crippen LogP contribution is 2.21. The summed E-state index contributed by atoms with van der Waals surface area (Å²) in [6, 6.07) is 3.78. The Labute approximate surface area is 91.6 Å². The van der Waals surface area contributed by atoms with Gasteiger partial charge in [-0.25, -0.2) is 8.78 Å². The Kier molecular flexibility index (Phi) is 5.01. The summed E-state index contributed by atoms with van der Waals surface area (Å²) in [6.07, 6.45) is -0.344. The van der Waals surface area contributed by atoms with Gasteiger partial charge in [0.05, 0.1) is 0 Å². The lowest BCUT2D eigenvalue weighted by Crippen LogP contribution is -2.15. The summed E-state index contributed by atoms with van der Waals surface area (Å²) in [7, 11) is 3.06. The number of benzene rings is 1. The topological polar surface area (TPSA) is 18.5 Å². The van der Waals surface area contributed by atoms with Crippen LogP contribution in [0.1, 0.15) is 0 Å². The van der Waals surface area contributed by atoms with E-state index in [2.05, 4.69) is 0 Å². The van der Waals surface area contributed by atoms with Gasteiger partial charge in [0, 0.05) is 24.9 Å². The molecule has 0 aliphatic carbocycles. The van der Waals surface area contributed by atoms with Crippen LogP contribution in [0.15, 0.2) is 23.1 Å². The summed E-state index contributed by atoms with van der Waals surface area (Å²) in [5.74, 6) is -1.15. The van der Waals surface area contributed by atoms with Crippen molar-refractivity contribution < 1.29 is 18.3 Å². The third kappa shape index (κ3) is 3.77. The van der Waals surface area contributed by atoms with Gasteiger partial charge < -0.3 is 9.47 Å². The van der Waals surface area contributed by atoms with E-state index in [0.717, 1.165) is 12.1 Å². The van der Waals surface area contributed by atoms with E-state index < -0.39 is 11.6 Å². The van der Waals surface area contributed by atoms with Crippen LogP contribution in [-0.4, -0.2) is 26.3 Å². The Morgan fingerprint density at radius 1 is 1.20 bits per heavy atom. The molecule has 0 saturated carbocycles. The van der Waals surface area contributed by atoms with Crippen LogP contribution in [0.25, 0.3) is 0 Å². The maximum absolute atomic E-state index is 12.8. The molecule has 2 nitrogen and oxygen atoms in total. The largest absolute Gasteiger partial charge is 0.355 e. The third-order valence-corrected chi connectivity index (χ3v) is 2.83. The summed E-state index contributed by atoms with van der Waals surface area (Å²) in [5, 5.41) is 0. The van der Waals surface area contributed by atoms with Crippen molar-refractivity contribution in [1.29, 1.82) is 0 Å². The number of methoxy groups -OCH3 is 2. The summed E-state index contributed by atoms with van der Waals surface area (Å²) in [6.45, 7) is 0. The molecule has 0 aliphatic rings. The van der Waals surface area contributed by atoms with Gasteiger partial charge in [0.2, 0.25) is 0 Å². The zero-order valence-corrected chi connectivity index (χ0v) is 9.31. The van der Waals surface area contributed by atoms with Crippen molar-refractivity contribution in [2.24, 2.45) is 0 Å². The van der Waals surface area contributed by atoms with Crippen molar-refractivity contribution in [1.82, 2.24) is 0 Å². The number of ether oxygens (including phenoxy) is 2. The van der Waals surface area contributed by atoms with Crippen LogP contribution in [0, 0.1) is 11.6 Å². The summed E-state index contributed by atoms with van der Waals surface area (Å²) in [4.78, 5) is 0.646. The molecule has 0 spiro atoms. The van der Waals surface area contributed by atoms with E-state index in [9.17, 15) is 8.78 Å². The van der Waals surface area contributed by atoms with Gasteiger partial charge in [-0.2, -0.15) is 0 Å². The molecule has 1 aromatic rings. The lowest BCUT2D eigenvalue weighted by molar-refractivity contribution is -0.0842. The van der Waals surface area contributed by atoms with E-state index in [1.807, 2.05) is 0 Å². The van der Waals surface area contributed by atoms with E-state index in [4.69, 9.17) is 9.47 Å². The second kappa shape index (κ2) is 6.05. The monoisotopic (exact) mass is 234 g/mol. The molecule has 0 aromatic heterocycles. The lowest BCUT2D eigenvalue weighted by atomic mass is 10.3. The van der Waals surface area contributed by atoms with Crippen molar-refractivity contribution in [2.45, 2.75) is 11.2 Å². The first-order chi connectivity index (χ1) is 7.17. The molecule has 0 amide bonds. The first-order valence-corrected chi connectivity index (χ1v) is 5.29. The fraction of sp³-hybridized carbons (Fsp3) is 0.400. The molecule has 1 aromatic carbocycles. The number of halogens is 2. The fourth-order valence-electron chi connectivity index (χ4n) is 0.963. The number of rotatable bonds is 5. The molecular weight excluding hydrogens is 222 g/mol. The Balaban J connectivity index is 2.54. The van der Waals surface area contributed by atoms with E-state index in [0.29, 0.717) is 10.6 Å². The van der Waals surface area contributed by atoms with Crippen LogP contribution in [0.2, 0.25) is 0 Å². The third-order valence-electron chi connectivity index (χ3n) is 1.80. The summed E-state index contributed by atoms with van der Waals surface area (Å²) < 4.78 is 35.3. The second-order valence-corrected chi connectivity index (χ2v) is 3.88. The first-order valence-electron chi connectivity index (χ1n) is 4.30. The van der Waals surface area contributed by atoms with E-state index >= 15 is 0 Å². The Bertz CT molecular complexity index is 316. The SMILES string of the molecule is COC(CSc1ccc(F)c(F)c1)OC. The van der Waals surface area contributed by atoms with E-state index in [1.165, 1.54) is 32.0 Å². The lowest BCUT2D eigenvalue weighted by Gasteiger charge is -2.12. The van der Waals surface area contributed by atoms with Gasteiger partial charge >= 0.3 is 0 Å². The molecule has 0 N–H and O–H groups in total. The van der Waals surface area contributed by atoms with Gasteiger partial charge in [0.1, 0.15) is 0 Å². The van der Waals surface area contributed by atoms with Crippen LogP contribution >= 0.6 is 11.8 Å². The summed E-state index contributed by atoms with van der Waals surface area (Å²) in [5.41, 5.74) is 0. The predicted octanol–water partition coefficient (Wildman–Crippen LogP) is 2.68. The molecule has 0 bridgehead atoms. The van der Waals surface area contributed by atoms with Gasteiger partial charge in [-0.15, -0.1) is 11.8 Å². The minimum absolute atomic E-state index is 0.344. The molecule has 84 valence electrons. The zero-order valence-electron chi connectivity index (χ0n) is 8.50. The molecule has 0 saturated heterocycles. The van der Waals surface area contributed by atoms with Crippen molar-refractivity contribution >= 4 is 11.8 Å². The quantitative estimate of drug-likeness (QED) is 0.576. The van der Waals surface area contributed by atoms with Gasteiger partial charge in [-0.1, -0.05) is 0 Å². The number of hydrogen-bond donors (Lipinski definition) is 0. The van der Waals surface area contributed by atoms with Crippen molar-refractivity contribution in [2.75, 3.05) is 20.0 Å². The Morgan fingerprint density at radius 2 is 1.87 bits per heavy atom. The number of thioether (sulfide) groups is 1. The molecule has 1 rings (SSSR count). The van der Waals surface area contributed by atoms with Gasteiger partial charge in [-0.3, -0.25) is 0 Å². The molecule has 0 aliphatic heterocycles. The van der Waals surface area contributed by atoms with Crippen molar-refractivity contribution in [3.63, 3.8) is 0 Å². The molecule has 0 unspecified atom stereocenters. The minimum Gasteiger partial charge on any atom is -0.355 e. The normalized spacial score (nSPS) is 11.0. The highest BCUT2D eigenvalue weighted by Gasteiger charge is 2.07. The maximum Gasteiger partial charge on any atom is 0.166 e. The second-order valence-electron chi connectivity index (χ2n) is 2.79. The Hall–Kier alpha value is -0.650. The molecular formula is C10H12F2O2S.